The fourth-order valence-electron chi connectivity index (χ4n) is 1.39. The molecule has 0 atom stereocenters. The maximum Gasteiger partial charge on any atom is 0.284 e. The van der Waals surface area contributed by atoms with E-state index in [1.54, 1.807) is 12.1 Å². The summed E-state index contributed by atoms with van der Waals surface area (Å²) in [6.45, 7) is 1.83. The molecule has 2 aromatic rings. The van der Waals surface area contributed by atoms with Crippen molar-refractivity contribution < 1.29 is 4.84 Å². The molecule has 1 aromatic carbocycles. The topological polar surface area (TPSA) is 31.2 Å². The number of rotatable bonds is 2. The van der Waals surface area contributed by atoms with Gasteiger partial charge in [-0.25, -0.2) is 0 Å². The van der Waals surface area contributed by atoms with Crippen LogP contribution < -0.4 is 10.4 Å². The maximum absolute atomic E-state index is 11.5. The zero-order valence-electron chi connectivity index (χ0n) is 8.38. The summed E-state index contributed by atoms with van der Waals surface area (Å²) in [5, 5.41) is 0.974. The van der Waals surface area contributed by atoms with Gasteiger partial charge in [0.2, 0.25) is 0 Å². The van der Waals surface area contributed by atoms with Crippen molar-refractivity contribution in [3.05, 3.63) is 59.1 Å². The number of hydrogen-bond acceptors (Lipinski definition) is 2. The van der Waals surface area contributed by atoms with Crippen LogP contribution in [0.2, 0.25) is 0 Å². The number of nitrogens with zero attached hydrogens (tertiary/aromatic N) is 1. The summed E-state index contributed by atoms with van der Waals surface area (Å²) in [6.07, 6.45) is 3.21. The summed E-state index contributed by atoms with van der Waals surface area (Å²) in [4.78, 5) is 16.8. The lowest BCUT2D eigenvalue weighted by Gasteiger charge is -2.06. The molecule has 0 bridgehead atoms. The fourth-order valence-corrected chi connectivity index (χ4v) is 1.39. The second kappa shape index (κ2) is 4.00. The predicted octanol–water partition coefficient (Wildman–Crippen LogP) is 1.96. The van der Waals surface area contributed by atoms with E-state index in [2.05, 4.69) is 0 Å². The minimum Gasteiger partial charge on any atom is -0.380 e. The minimum atomic E-state index is -0.174. The summed E-state index contributed by atoms with van der Waals surface area (Å²) in [6, 6.07) is 10.9. The van der Waals surface area contributed by atoms with E-state index in [4.69, 9.17) is 4.84 Å². The molecule has 0 saturated carbocycles. The lowest BCUT2D eigenvalue weighted by molar-refractivity contribution is 0.214. The van der Waals surface area contributed by atoms with Gasteiger partial charge in [0.1, 0.15) is 6.26 Å². The van der Waals surface area contributed by atoms with Gasteiger partial charge in [0.15, 0.2) is 0 Å². The average Bonchev–Trinajstić information content (AvgIpc) is 2.28. The molecule has 3 heteroatoms. The molecule has 0 aliphatic rings. The number of hydrogen-bond donors (Lipinski definition) is 0. The first-order valence-corrected chi connectivity index (χ1v) is 4.72. The third-order valence-corrected chi connectivity index (χ3v) is 2.06. The van der Waals surface area contributed by atoms with E-state index < -0.39 is 0 Å². The van der Waals surface area contributed by atoms with E-state index in [-0.39, 0.29) is 5.56 Å². The standard InChI is InChI=1S/C12H11NO2/c1-2-9-15-13-11-6-4-3-5-10(11)7-8-12(13)14/h2-9H,1H3. The smallest absolute Gasteiger partial charge is 0.284 e. The van der Waals surface area contributed by atoms with Gasteiger partial charge in [0.25, 0.3) is 5.56 Å². The van der Waals surface area contributed by atoms with Gasteiger partial charge < -0.3 is 4.84 Å². The maximum atomic E-state index is 11.5. The summed E-state index contributed by atoms with van der Waals surface area (Å²) in [5.74, 6) is 0. The molecule has 76 valence electrons. The summed E-state index contributed by atoms with van der Waals surface area (Å²) in [5.41, 5.74) is 0.593. The first kappa shape index (κ1) is 9.52. The molecule has 0 amide bonds. The van der Waals surface area contributed by atoms with E-state index >= 15 is 0 Å². The monoisotopic (exact) mass is 201 g/mol. The van der Waals surface area contributed by atoms with Crippen LogP contribution in [0.5, 0.6) is 0 Å². The number of benzene rings is 1. The molecule has 0 unspecified atom stereocenters. The normalized spacial score (nSPS) is 11.0. The van der Waals surface area contributed by atoms with Crippen molar-refractivity contribution in [2.45, 2.75) is 6.92 Å². The largest absolute Gasteiger partial charge is 0.380 e. The van der Waals surface area contributed by atoms with Gasteiger partial charge in [0, 0.05) is 11.5 Å². The molecular formula is C12H11NO2. The van der Waals surface area contributed by atoms with Crippen LogP contribution >= 0.6 is 0 Å². The molecule has 0 radical (unpaired) electrons. The van der Waals surface area contributed by atoms with Crippen molar-refractivity contribution in [2.24, 2.45) is 0 Å². The average molecular weight is 201 g/mol. The van der Waals surface area contributed by atoms with Crippen LogP contribution in [0, 0.1) is 0 Å². The van der Waals surface area contributed by atoms with Crippen molar-refractivity contribution in [3.8, 4) is 0 Å². The summed E-state index contributed by atoms with van der Waals surface area (Å²) >= 11 is 0. The minimum absolute atomic E-state index is 0.174. The van der Waals surface area contributed by atoms with Gasteiger partial charge in [-0.05, 0) is 25.1 Å². The van der Waals surface area contributed by atoms with E-state index in [9.17, 15) is 4.79 Å². The number of para-hydroxylation sites is 1. The first-order chi connectivity index (χ1) is 7.33. The lowest BCUT2D eigenvalue weighted by Crippen LogP contribution is -2.23. The van der Waals surface area contributed by atoms with E-state index in [0.29, 0.717) is 0 Å². The van der Waals surface area contributed by atoms with Crippen molar-refractivity contribution in [1.82, 2.24) is 4.73 Å². The zero-order valence-corrected chi connectivity index (χ0v) is 8.38. The lowest BCUT2D eigenvalue weighted by atomic mass is 10.2. The summed E-state index contributed by atoms with van der Waals surface area (Å²) in [7, 11) is 0. The van der Waals surface area contributed by atoms with E-state index in [0.717, 1.165) is 10.9 Å². The molecule has 3 nitrogen and oxygen atoms in total. The molecule has 0 N–H and O–H groups in total. The Morgan fingerprint density at radius 3 is 2.80 bits per heavy atom. The first-order valence-electron chi connectivity index (χ1n) is 4.72. The molecule has 15 heavy (non-hydrogen) atoms. The fraction of sp³-hybridized carbons (Fsp3) is 0.0833. The van der Waals surface area contributed by atoms with Crippen LogP contribution in [0.1, 0.15) is 6.92 Å². The van der Waals surface area contributed by atoms with Crippen LogP contribution in [0.15, 0.2) is 53.5 Å². The molecule has 1 heterocycles. The van der Waals surface area contributed by atoms with Gasteiger partial charge in [0.05, 0.1) is 5.52 Å². The number of allylic oxidation sites excluding steroid dienone is 1. The number of aromatic nitrogens is 1. The Labute approximate surface area is 87.2 Å². The van der Waals surface area contributed by atoms with Gasteiger partial charge in [-0.1, -0.05) is 18.2 Å². The van der Waals surface area contributed by atoms with E-state index in [1.165, 1.54) is 17.1 Å². The molecule has 0 saturated heterocycles. The Bertz CT molecular complexity index is 555. The zero-order chi connectivity index (χ0) is 10.7. The molecule has 1 aromatic heterocycles. The van der Waals surface area contributed by atoms with Crippen molar-refractivity contribution >= 4 is 10.9 Å². The third kappa shape index (κ3) is 1.76. The van der Waals surface area contributed by atoms with Gasteiger partial charge in [-0.3, -0.25) is 4.79 Å². The van der Waals surface area contributed by atoms with Crippen LogP contribution in [0.25, 0.3) is 10.9 Å². The van der Waals surface area contributed by atoms with Gasteiger partial charge >= 0.3 is 0 Å². The highest BCUT2D eigenvalue weighted by Crippen LogP contribution is 2.09. The Morgan fingerprint density at radius 1 is 1.20 bits per heavy atom. The van der Waals surface area contributed by atoms with Gasteiger partial charge in [-0.2, -0.15) is 0 Å². The molecule has 0 fully saturated rings. The third-order valence-electron chi connectivity index (χ3n) is 2.06. The predicted molar refractivity (Wildman–Crippen MR) is 59.6 cm³/mol. The summed E-state index contributed by atoms with van der Waals surface area (Å²) < 4.78 is 1.27. The second-order valence-electron chi connectivity index (χ2n) is 3.10. The SMILES string of the molecule is CC=COn1c(=O)ccc2ccccc21. The highest BCUT2D eigenvalue weighted by Gasteiger charge is 2.00. The van der Waals surface area contributed by atoms with Crippen LogP contribution in [-0.2, 0) is 0 Å². The Balaban J connectivity index is 2.68. The number of pyridine rings is 1. The van der Waals surface area contributed by atoms with Crippen molar-refractivity contribution in [2.75, 3.05) is 0 Å². The quantitative estimate of drug-likeness (QED) is 0.695. The molecular weight excluding hydrogens is 190 g/mol. The van der Waals surface area contributed by atoms with Crippen molar-refractivity contribution in [1.29, 1.82) is 0 Å². The van der Waals surface area contributed by atoms with Crippen molar-refractivity contribution in [3.63, 3.8) is 0 Å². The van der Waals surface area contributed by atoms with Crippen LogP contribution in [0.4, 0.5) is 0 Å². The molecule has 0 aliphatic heterocycles. The Morgan fingerprint density at radius 2 is 2.00 bits per heavy atom. The van der Waals surface area contributed by atoms with Crippen LogP contribution in [-0.4, -0.2) is 4.73 Å². The second-order valence-corrected chi connectivity index (χ2v) is 3.10. The Kier molecular flexibility index (Phi) is 2.54. The molecule has 0 aliphatic carbocycles. The van der Waals surface area contributed by atoms with E-state index in [1.807, 2.05) is 31.2 Å². The van der Waals surface area contributed by atoms with Crippen LogP contribution in [0.3, 0.4) is 0 Å². The highest BCUT2D eigenvalue weighted by atomic mass is 16.7. The number of fused-ring (bicyclic) bond motifs is 1. The Hall–Kier alpha value is -2.03. The highest BCUT2D eigenvalue weighted by molar-refractivity contribution is 5.78. The van der Waals surface area contributed by atoms with Gasteiger partial charge in [-0.15, -0.1) is 4.73 Å². The molecule has 0 spiro atoms. The molecule has 2 rings (SSSR count).